The summed E-state index contributed by atoms with van der Waals surface area (Å²) < 4.78 is 0. The van der Waals surface area contributed by atoms with Crippen LogP contribution < -0.4 is 11.1 Å². The van der Waals surface area contributed by atoms with Crippen LogP contribution in [-0.4, -0.2) is 68.0 Å². The summed E-state index contributed by atoms with van der Waals surface area (Å²) in [5.74, 6) is -1.79. The number of allylic oxidation sites excluding steroid dienone is 1. The number of nitrogens with two attached hydrogens (primary N) is 1. The molecule has 0 aliphatic carbocycles. The normalized spacial score (nSPS) is 20.2. The van der Waals surface area contributed by atoms with E-state index in [4.69, 9.17) is 15.8 Å². The van der Waals surface area contributed by atoms with Crippen molar-refractivity contribution >= 4 is 63.5 Å². The highest BCUT2D eigenvalue weighted by Gasteiger charge is 2.54. The maximum atomic E-state index is 12.9. The Kier molecular flexibility index (Phi) is 8.15. The third-order valence-electron chi connectivity index (χ3n) is 4.36. The molecule has 33 heavy (non-hydrogen) atoms. The van der Waals surface area contributed by atoms with Gasteiger partial charge in [0.2, 0.25) is 0 Å². The Hall–Kier alpha value is -3.28. The number of nitrogens with one attached hydrogen (secondary N) is 1. The number of anilines is 1. The van der Waals surface area contributed by atoms with Crippen LogP contribution in [0.1, 0.15) is 5.69 Å². The molecule has 1 saturated heterocycles. The average molecular weight is 507 g/mol. The van der Waals surface area contributed by atoms with E-state index in [1.807, 2.05) is 6.07 Å². The number of aliphatic carboxylic acids is 1. The van der Waals surface area contributed by atoms with Crippen molar-refractivity contribution in [1.82, 2.24) is 15.2 Å². The Labute approximate surface area is 201 Å². The standard InChI is InChI=1S/C19H18N6O5S3/c1-2-5-30-24-12(11-9-33-19(21)22-11)15(26)23-13-16(27)25-14(18(28)29)10(8-32-17(13)25)7-31-6-3-4-20/h2-3,6,9,13,17H,1,5,7-8H2,(H2,21,22)(H,23,26)(H,28,29)/b6-3+,24-12?/t13?,17-/m1/s1. The lowest BCUT2D eigenvalue weighted by molar-refractivity contribution is -0.150. The maximum absolute atomic E-state index is 12.9. The minimum absolute atomic E-state index is 0.0577. The van der Waals surface area contributed by atoms with Crippen LogP contribution in [0.2, 0.25) is 0 Å². The number of hydrogen-bond acceptors (Lipinski definition) is 11. The number of fused-ring (bicyclic) bond motifs is 1. The molecule has 2 atom stereocenters. The number of nitrogen functional groups attached to an aromatic ring is 1. The lowest BCUT2D eigenvalue weighted by atomic mass is 10.0. The summed E-state index contributed by atoms with van der Waals surface area (Å²) in [6.45, 7) is 3.56. The van der Waals surface area contributed by atoms with Gasteiger partial charge in [0.05, 0.1) is 6.07 Å². The van der Waals surface area contributed by atoms with Gasteiger partial charge < -0.3 is 21.0 Å². The number of hydrogen-bond donors (Lipinski definition) is 3. The van der Waals surface area contributed by atoms with Crippen molar-refractivity contribution in [2.45, 2.75) is 11.4 Å². The van der Waals surface area contributed by atoms with Gasteiger partial charge in [0, 0.05) is 23.0 Å². The molecule has 3 rings (SSSR count). The Morgan fingerprint density at radius 2 is 2.36 bits per heavy atom. The number of β-lactam (4-membered cyclic amide) rings is 1. The first-order valence-corrected chi connectivity index (χ1v) is 12.3. The lowest BCUT2D eigenvalue weighted by Gasteiger charge is -2.49. The zero-order valence-electron chi connectivity index (χ0n) is 17.0. The van der Waals surface area contributed by atoms with Gasteiger partial charge >= 0.3 is 5.97 Å². The predicted octanol–water partition coefficient (Wildman–Crippen LogP) is 1.14. The van der Waals surface area contributed by atoms with Gasteiger partial charge in [-0.1, -0.05) is 17.8 Å². The smallest absolute Gasteiger partial charge is 0.352 e. The molecule has 4 N–H and O–H groups in total. The highest BCUT2D eigenvalue weighted by Crippen LogP contribution is 2.41. The number of thioether (sulfide) groups is 2. The van der Waals surface area contributed by atoms with Gasteiger partial charge in [-0.15, -0.1) is 34.9 Å². The summed E-state index contributed by atoms with van der Waals surface area (Å²) in [4.78, 5) is 47.8. The number of amides is 2. The molecule has 0 aromatic carbocycles. The quantitative estimate of drug-likeness (QED) is 0.104. The molecule has 2 amide bonds. The first-order chi connectivity index (χ1) is 15.9. The summed E-state index contributed by atoms with van der Waals surface area (Å²) in [5, 5.41) is 27.4. The van der Waals surface area contributed by atoms with Crippen LogP contribution in [0.25, 0.3) is 0 Å². The van der Waals surface area contributed by atoms with Gasteiger partial charge in [-0.3, -0.25) is 14.5 Å². The molecule has 1 aromatic heterocycles. The monoisotopic (exact) mass is 506 g/mol. The van der Waals surface area contributed by atoms with Gasteiger partial charge in [-0.25, -0.2) is 9.78 Å². The summed E-state index contributed by atoms with van der Waals surface area (Å²) in [5.41, 5.74) is 6.14. The Morgan fingerprint density at radius 1 is 1.58 bits per heavy atom. The van der Waals surface area contributed by atoms with E-state index in [-0.39, 0.29) is 28.8 Å². The van der Waals surface area contributed by atoms with Crippen molar-refractivity contribution in [2.24, 2.45) is 5.16 Å². The van der Waals surface area contributed by atoms with E-state index >= 15 is 0 Å². The number of carboxylic acids is 1. The molecule has 0 spiro atoms. The van der Waals surface area contributed by atoms with Crippen molar-refractivity contribution < 1.29 is 24.3 Å². The second kappa shape index (κ2) is 11.0. The summed E-state index contributed by atoms with van der Waals surface area (Å²) in [7, 11) is 0. The fourth-order valence-corrected chi connectivity index (χ4v) is 5.70. The van der Waals surface area contributed by atoms with Crippen molar-refractivity contribution in [3.8, 4) is 6.07 Å². The topological polar surface area (TPSA) is 171 Å². The lowest BCUT2D eigenvalue weighted by Crippen LogP contribution is -2.71. The number of oxime groups is 1. The van der Waals surface area contributed by atoms with Crippen molar-refractivity contribution in [2.75, 3.05) is 23.8 Å². The van der Waals surface area contributed by atoms with Gasteiger partial charge in [-0.2, -0.15) is 5.26 Å². The molecule has 0 bridgehead atoms. The van der Waals surface area contributed by atoms with E-state index < -0.39 is 29.2 Å². The molecule has 1 aromatic rings. The number of rotatable bonds is 10. The molecular weight excluding hydrogens is 488 g/mol. The molecule has 14 heteroatoms. The fourth-order valence-electron chi connectivity index (χ4n) is 2.99. The van der Waals surface area contributed by atoms with Crippen molar-refractivity contribution in [3.63, 3.8) is 0 Å². The SMILES string of the molecule is C=CCON=C(C(=O)NC1C(=O)N2C(C(=O)O)=C(CS/C=C/C#N)CS[C@H]12)c1csc(N)n1. The van der Waals surface area contributed by atoms with E-state index in [1.54, 1.807) is 5.41 Å². The van der Waals surface area contributed by atoms with Crippen LogP contribution in [0.5, 0.6) is 0 Å². The highest BCUT2D eigenvalue weighted by molar-refractivity contribution is 8.02. The number of carboxylic acid groups (broad SMARTS) is 1. The average Bonchev–Trinajstić information content (AvgIpc) is 3.22. The van der Waals surface area contributed by atoms with E-state index in [9.17, 15) is 19.5 Å². The zero-order chi connectivity index (χ0) is 24.0. The van der Waals surface area contributed by atoms with E-state index in [1.165, 1.54) is 46.0 Å². The number of carbonyl (C=O) groups excluding carboxylic acids is 2. The number of nitrogens with zero attached hydrogens (tertiary/aromatic N) is 4. The predicted molar refractivity (Wildman–Crippen MR) is 126 cm³/mol. The minimum Gasteiger partial charge on any atom is -0.477 e. The van der Waals surface area contributed by atoms with E-state index in [0.717, 1.165) is 11.3 Å². The third kappa shape index (κ3) is 5.38. The second-order valence-electron chi connectivity index (χ2n) is 6.46. The Morgan fingerprint density at radius 3 is 3.00 bits per heavy atom. The van der Waals surface area contributed by atoms with Crippen LogP contribution in [0.15, 0.2) is 45.9 Å². The van der Waals surface area contributed by atoms with Crippen LogP contribution in [-0.2, 0) is 19.2 Å². The molecule has 2 aliphatic heterocycles. The summed E-state index contributed by atoms with van der Waals surface area (Å²) in [6.07, 6.45) is 2.74. The Balaban J connectivity index is 1.76. The number of carbonyl (C=O) groups is 3. The Bertz CT molecular complexity index is 1110. The highest BCUT2D eigenvalue weighted by atomic mass is 32.2. The number of aromatic nitrogens is 1. The van der Waals surface area contributed by atoms with Crippen LogP contribution >= 0.6 is 34.9 Å². The third-order valence-corrected chi connectivity index (χ3v) is 7.22. The fraction of sp³-hybridized carbons (Fsp3) is 0.263. The number of nitriles is 1. The molecule has 3 heterocycles. The van der Waals surface area contributed by atoms with Crippen molar-refractivity contribution in [1.29, 1.82) is 5.26 Å². The van der Waals surface area contributed by atoms with E-state index in [0.29, 0.717) is 17.1 Å². The molecule has 1 unspecified atom stereocenters. The van der Waals surface area contributed by atoms with Gasteiger partial charge in [0.1, 0.15) is 29.4 Å². The molecule has 172 valence electrons. The van der Waals surface area contributed by atoms with Crippen LogP contribution in [0.4, 0.5) is 5.13 Å². The molecule has 11 nitrogen and oxygen atoms in total. The molecular formula is C19H18N6O5S3. The molecule has 0 saturated carbocycles. The summed E-state index contributed by atoms with van der Waals surface area (Å²) in [6, 6.07) is 0.918. The minimum atomic E-state index is -1.23. The van der Waals surface area contributed by atoms with Crippen molar-refractivity contribution in [3.05, 3.63) is 46.5 Å². The van der Waals surface area contributed by atoms with Crippen LogP contribution in [0.3, 0.4) is 0 Å². The molecule has 0 radical (unpaired) electrons. The number of thiazole rings is 1. The molecule has 2 aliphatic rings. The first kappa shape index (κ1) is 24.4. The largest absolute Gasteiger partial charge is 0.477 e. The van der Waals surface area contributed by atoms with Gasteiger partial charge in [-0.05, 0) is 11.0 Å². The van der Waals surface area contributed by atoms with E-state index in [2.05, 4.69) is 22.0 Å². The maximum Gasteiger partial charge on any atom is 0.352 e. The van der Waals surface area contributed by atoms with Crippen LogP contribution in [0, 0.1) is 11.3 Å². The first-order valence-electron chi connectivity index (χ1n) is 9.28. The second-order valence-corrected chi connectivity index (χ2v) is 9.35. The molecule has 1 fully saturated rings. The zero-order valence-corrected chi connectivity index (χ0v) is 19.4. The van der Waals surface area contributed by atoms with Gasteiger partial charge in [0.25, 0.3) is 11.8 Å². The van der Waals surface area contributed by atoms with Gasteiger partial charge in [0.15, 0.2) is 10.8 Å². The summed E-state index contributed by atoms with van der Waals surface area (Å²) >= 11 is 3.72.